The van der Waals surface area contributed by atoms with Crippen LogP contribution < -0.4 is 0 Å². The number of rotatable bonds is 3. The van der Waals surface area contributed by atoms with Gasteiger partial charge in [-0.2, -0.15) is 0 Å². The Morgan fingerprint density at radius 2 is 2.22 bits per heavy atom. The molecule has 0 spiro atoms. The number of aliphatic imine (C=N–C) groups is 1. The Hall–Kier alpha value is 0.0200. The van der Waals surface area contributed by atoms with E-state index < -0.39 is 0 Å². The molecule has 1 atom stereocenters. The van der Waals surface area contributed by atoms with Crippen LogP contribution in [0.4, 0.5) is 0 Å². The Kier molecular flexibility index (Phi) is 6.76. The van der Waals surface area contributed by atoms with E-state index in [0.717, 1.165) is 15.8 Å². The molecule has 6 heteroatoms. The molecule has 0 amide bonds. The lowest BCUT2D eigenvalue weighted by Gasteiger charge is -2.27. The molecule has 2 rings (SSSR count). The highest BCUT2D eigenvalue weighted by molar-refractivity contribution is 14.0. The van der Waals surface area contributed by atoms with Crippen molar-refractivity contribution in [2.24, 2.45) is 4.99 Å². The zero-order chi connectivity index (χ0) is 12.3. The maximum absolute atomic E-state index is 9.14. The molecule has 1 aromatic carbocycles. The first-order chi connectivity index (χ1) is 8.27. The maximum atomic E-state index is 9.14. The fourth-order valence-electron chi connectivity index (χ4n) is 2.04. The lowest BCUT2D eigenvalue weighted by molar-refractivity contribution is 0.233. The van der Waals surface area contributed by atoms with Gasteiger partial charge in [0.15, 0.2) is 5.17 Å². The summed E-state index contributed by atoms with van der Waals surface area (Å²) >= 11 is 7.82. The lowest BCUT2D eigenvalue weighted by Crippen LogP contribution is -2.32. The van der Waals surface area contributed by atoms with E-state index in [9.17, 15) is 0 Å². The predicted molar refractivity (Wildman–Crippen MR) is 89.2 cm³/mol. The Balaban J connectivity index is 0.00000162. The molecular weight excluding hydrogens is 383 g/mol. The molecule has 1 N–H and O–H groups in total. The van der Waals surface area contributed by atoms with Gasteiger partial charge >= 0.3 is 0 Å². The second-order valence-corrected chi connectivity index (χ2v) is 4.96. The monoisotopic (exact) mass is 398 g/mol. The average molecular weight is 399 g/mol. The molecular formula is C12H16ClIN2OS. The summed E-state index contributed by atoms with van der Waals surface area (Å²) in [4.78, 5) is 6.61. The first-order valence-electron chi connectivity index (χ1n) is 5.48. The van der Waals surface area contributed by atoms with Crippen LogP contribution in [0, 0.1) is 0 Å². The molecule has 0 aliphatic carbocycles. The van der Waals surface area contributed by atoms with Gasteiger partial charge in [-0.1, -0.05) is 41.6 Å². The summed E-state index contributed by atoms with van der Waals surface area (Å²) in [5, 5.41) is 10.9. The molecule has 1 aromatic rings. The number of aliphatic hydroxyl groups excluding tert-OH is 1. The Morgan fingerprint density at radius 1 is 1.50 bits per heavy atom. The molecule has 0 saturated carbocycles. The Labute approximate surface area is 134 Å². The average Bonchev–Trinajstić information content (AvgIpc) is 2.73. The van der Waals surface area contributed by atoms with Crippen LogP contribution in [0.3, 0.4) is 0 Å². The SMILES string of the molecule is CSC1=NCC(c2ccccc2Cl)N1CCO.I. The van der Waals surface area contributed by atoms with E-state index in [1.165, 1.54) is 0 Å². The highest BCUT2D eigenvalue weighted by Gasteiger charge is 2.29. The van der Waals surface area contributed by atoms with Crippen molar-refractivity contribution in [1.82, 2.24) is 4.90 Å². The number of hydrogen-bond donors (Lipinski definition) is 1. The van der Waals surface area contributed by atoms with Crippen LogP contribution in [0.2, 0.25) is 5.02 Å². The zero-order valence-electron chi connectivity index (χ0n) is 10.0. The number of nitrogens with zero attached hydrogens (tertiary/aromatic N) is 2. The summed E-state index contributed by atoms with van der Waals surface area (Å²) in [7, 11) is 0. The smallest absolute Gasteiger partial charge is 0.159 e. The Bertz CT molecular complexity index is 430. The minimum absolute atomic E-state index is 0. The van der Waals surface area contributed by atoms with E-state index in [2.05, 4.69) is 9.89 Å². The van der Waals surface area contributed by atoms with E-state index in [1.54, 1.807) is 11.8 Å². The summed E-state index contributed by atoms with van der Waals surface area (Å²) in [6.45, 7) is 1.43. The van der Waals surface area contributed by atoms with Gasteiger partial charge in [0, 0.05) is 11.6 Å². The van der Waals surface area contributed by atoms with Crippen LogP contribution in [0.15, 0.2) is 29.3 Å². The zero-order valence-corrected chi connectivity index (χ0v) is 13.9. The summed E-state index contributed by atoms with van der Waals surface area (Å²) in [5.74, 6) is 0. The third-order valence-corrected chi connectivity index (χ3v) is 3.88. The topological polar surface area (TPSA) is 35.8 Å². The molecule has 18 heavy (non-hydrogen) atoms. The number of benzene rings is 1. The Morgan fingerprint density at radius 3 is 2.83 bits per heavy atom. The number of aliphatic hydroxyl groups is 1. The van der Waals surface area contributed by atoms with Crippen LogP contribution in [0.1, 0.15) is 11.6 Å². The van der Waals surface area contributed by atoms with E-state index >= 15 is 0 Å². The van der Waals surface area contributed by atoms with Gasteiger partial charge in [-0.05, 0) is 17.9 Å². The second-order valence-electron chi connectivity index (χ2n) is 3.78. The van der Waals surface area contributed by atoms with Gasteiger partial charge < -0.3 is 10.0 Å². The third-order valence-electron chi connectivity index (χ3n) is 2.81. The van der Waals surface area contributed by atoms with Crippen molar-refractivity contribution in [1.29, 1.82) is 0 Å². The van der Waals surface area contributed by atoms with Crippen LogP contribution in [0.5, 0.6) is 0 Å². The van der Waals surface area contributed by atoms with E-state index in [1.807, 2.05) is 30.5 Å². The molecule has 0 aromatic heterocycles. The molecule has 0 radical (unpaired) electrons. The summed E-state index contributed by atoms with van der Waals surface area (Å²) in [5.41, 5.74) is 1.08. The molecule has 1 aliphatic rings. The van der Waals surface area contributed by atoms with Gasteiger partial charge in [-0.3, -0.25) is 4.99 Å². The normalized spacial score (nSPS) is 18.5. The van der Waals surface area contributed by atoms with Crippen molar-refractivity contribution in [3.8, 4) is 0 Å². The van der Waals surface area contributed by atoms with E-state index in [0.29, 0.717) is 13.1 Å². The van der Waals surface area contributed by atoms with E-state index in [4.69, 9.17) is 16.7 Å². The van der Waals surface area contributed by atoms with Crippen molar-refractivity contribution in [2.45, 2.75) is 6.04 Å². The molecule has 1 unspecified atom stereocenters. The quantitative estimate of drug-likeness (QED) is 0.795. The first-order valence-corrected chi connectivity index (χ1v) is 7.08. The molecule has 0 fully saturated rings. The highest BCUT2D eigenvalue weighted by Crippen LogP contribution is 2.33. The molecule has 1 aliphatic heterocycles. The largest absolute Gasteiger partial charge is 0.395 e. The third kappa shape index (κ3) is 3.31. The van der Waals surface area contributed by atoms with Crippen molar-refractivity contribution >= 4 is 52.5 Å². The molecule has 0 saturated heterocycles. The molecule has 0 bridgehead atoms. The lowest BCUT2D eigenvalue weighted by atomic mass is 10.1. The van der Waals surface area contributed by atoms with E-state index in [-0.39, 0.29) is 36.6 Å². The van der Waals surface area contributed by atoms with Gasteiger partial charge in [-0.25, -0.2) is 0 Å². The van der Waals surface area contributed by atoms with Gasteiger partial charge in [-0.15, -0.1) is 24.0 Å². The highest BCUT2D eigenvalue weighted by atomic mass is 127. The number of amidine groups is 1. The van der Waals surface area contributed by atoms with Crippen molar-refractivity contribution in [2.75, 3.05) is 26.0 Å². The van der Waals surface area contributed by atoms with Gasteiger partial charge in [0.2, 0.25) is 0 Å². The minimum Gasteiger partial charge on any atom is -0.395 e. The predicted octanol–water partition coefficient (Wildman–Crippen LogP) is 3.03. The van der Waals surface area contributed by atoms with Crippen molar-refractivity contribution < 1.29 is 5.11 Å². The van der Waals surface area contributed by atoms with Crippen LogP contribution in [-0.4, -0.2) is 41.1 Å². The summed E-state index contributed by atoms with van der Waals surface area (Å²) in [6.07, 6.45) is 2.00. The molecule has 1 heterocycles. The fourth-order valence-corrected chi connectivity index (χ4v) is 2.96. The van der Waals surface area contributed by atoms with Crippen LogP contribution in [-0.2, 0) is 0 Å². The molecule has 100 valence electrons. The second kappa shape index (κ2) is 7.57. The summed E-state index contributed by atoms with van der Waals surface area (Å²) in [6, 6.07) is 7.97. The molecule has 3 nitrogen and oxygen atoms in total. The maximum Gasteiger partial charge on any atom is 0.159 e. The summed E-state index contributed by atoms with van der Waals surface area (Å²) < 4.78 is 0. The number of β-amino-alcohol motifs (C(OH)–C–C–N with tert-alkyl or cyclic N) is 1. The van der Waals surface area contributed by atoms with Crippen molar-refractivity contribution in [3.05, 3.63) is 34.9 Å². The number of hydrogen-bond acceptors (Lipinski definition) is 4. The number of halogens is 2. The fraction of sp³-hybridized carbons (Fsp3) is 0.417. The standard InChI is InChI=1S/C12H15ClN2OS.HI/c1-17-12-14-8-11(15(12)6-7-16)9-4-2-3-5-10(9)13;/h2-5,11,16H,6-8H2,1H3;1H. The van der Waals surface area contributed by atoms with Gasteiger partial charge in [0.05, 0.1) is 19.2 Å². The van der Waals surface area contributed by atoms with Gasteiger partial charge in [0.25, 0.3) is 0 Å². The van der Waals surface area contributed by atoms with Crippen molar-refractivity contribution in [3.63, 3.8) is 0 Å². The van der Waals surface area contributed by atoms with Crippen LogP contribution in [0.25, 0.3) is 0 Å². The van der Waals surface area contributed by atoms with Gasteiger partial charge in [0.1, 0.15) is 0 Å². The first kappa shape index (κ1) is 16.1. The van der Waals surface area contributed by atoms with Crippen LogP contribution >= 0.6 is 47.3 Å². The minimum atomic E-state index is 0. The number of thioether (sulfide) groups is 1.